The van der Waals surface area contributed by atoms with E-state index in [-0.39, 0.29) is 0 Å². The number of nitrogens with zero attached hydrogens (tertiary/aromatic N) is 1. The average Bonchev–Trinajstić information content (AvgIpc) is 2.77. The van der Waals surface area contributed by atoms with Crippen LogP contribution in [0.25, 0.3) is 12.2 Å². The fraction of sp³-hybridized carbons (Fsp3) is 0.125. The van der Waals surface area contributed by atoms with Crippen LogP contribution >= 0.6 is 0 Å². The Morgan fingerprint density at radius 3 is 2.31 bits per heavy atom. The van der Waals surface area contributed by atoms with Crippen LogP contribution in [0.5, 0.6) is 0 Å². The summed E-state index contributed by atoms with van der Waals surface area (Å²) < 4.78 is 0. The molecule has 1 aromatic heterocycles. The van der Waals surface area contributed by atoms with E-state index in [4.69, 9.17) is 5.73 Å². The zero-order valence-electron chi connectivity index (χ0n) is 16.6. The van der Waals surface area contributed by atoms with Crippen molar-refractivity contribution in [2.75, 3.05) is 23.7 Å². The van der Waals surface area contributed by atoms with E-state index in [9.17, 15) is 0 Å². The van der Waals surface area contributed by atoms with Gasteiger partial charge in [-0.3, -0.25) is 4.98 Å². The molecule has 0 aliphatic heterocycles. The molecule has 0 saturated heterocycles. The lowest BCUT2D eigenvalue weighted by Crippen LogP contribution is -2.20. The van der Waals surface area contributed by atoms with Crippen molar-refractivity contribution < 1.29 is 0 Å². The molecule has 0 aliphatic rings. The zero-order chi connectivity index (χ0) is 20.3. The van der Waals surface area contributed by atoms with Crippen molar-refractivity contribution in [3.8, 4) is 0 Å². The minimum Gasteiger partial charge on any atom is -0.400 e. The molecule has 0 amide bonds. The average molecular weight is 386 g/mol. The predicted octanol–water partition coefficient (Wildman–Crippen LogP) is 4.82. The standard InChI is InChI=1S/C24H27N5/c1-2-26-17-21(25)18-28-23-4-3-5-24(16-23)29-22-10-8-19(9-11-22)6-7-20-12-14-27-15-13-20/h3-16,18,26,28-29H,2,17,25H2,1H3/b7-6+,21-18-. The molecule has 0 fully saturated rings. The highest BCUT2D eigenvalue weighted by molar-refractivity contribution is 5.71. The summed E-state index contributed by atoms with van der Waals surface area (Å²) >= 11 is 0. The number of pyridine rings is 1. The Labute approximate surface area is 172 Å². The SMILES string of the molecule is CCNC/C(N)=C/Nc1cccc(Nc2ccc(/C=C/c3ccncc3)cc2)c1. The van der Waals surface area contributed by atoms with Crippen molar-refractivity contribution in [2.24, 2.45) is 5.73 Å². The van der Waals surface area contributed by atoms with Crippen molar-refractivity contribution in [3.63, 3.8) is 0 Å². The van der Waals surface area contributed by atoms with Crippen LogP contribution in [0.3, 0.4) is 0 Å². The lowest BCUT2D eigenvalue weighted by molar-refractivity contribution is 0.770. The molecule has 5 heteroatoms. The third-order valence-corrected chi connectivity index (χ3v) is 4.24. The van der Waals surface area contributed by atoms with Crippen LogP contribution in [0.2, 0.25) is 0 Å². The molecular formula is C24H27N5. The summed E-state index contributed by atoms with van der Waals surface area (Å²) in [5, 5.41) is 9.87. The normalized spacial score (nSPS) is 11.6. The summed E-state index contributed by atoms with van der Waals surface area (Å²) in [6.07, 6.45) is 9.58. The number of rotatable bonds is 9. The Morgan fingerprint density at radius 2 is 1.59 bits per heavy atom. The van der Waals surface area contributed by atoms with E-state index in [0.29, 0.717) is 6.54 Å². The van der Waals surface area contributed by atoms with Gasteiger partial charge in [0, 0.05) is 47.9 Å². The molecule has 5 nitrogen and oxygen atoms in total. The fourth-order valence-electron chi connectivity index (χ4n) is 2.69. The maximum atomic E-state index is 5.96. The summed E-state index contributed by atoms with van der Waals surface area (Å²) in [7, 11) is 0. The molecule has 3 rings (SSSR count). The van der Waals surface area contributed by atoms with Crippen LogP contribution < -0.4 is 21.7 Å². The van der Waals surface area contributed by atoms with Gasteiger partial charge in [0.15, 0.2) is 0 Å². The van der Waals surface area contributed by atoms with Gasteiger partial charge >= 0.3 is 0 Å². The first kappa shape index (κ1) is 20.2. The van der Waals surface area contributed by atoms with Gasteiger partial charge in [0.1, 0.15) is 0 Å². The van der Waals surface area contributed by atoms with Gasteiger partial charge in [-0.05, 0) is 60.1 Å². The Hall–Kier alpha value is -3.57. The molecule has 0 spiro atoms. The molecule has 0 saturated carbocycles. The predicted molar refractivity (Wildman–Crippen MR) is 124 cm³/mol. The lowest BCUT2D eigenvalue weighted by atomic mass is 10.1. The molecular weight excluding hydrogens is 358 g/mol. The summed E-state index contributed by atoms with van der Waals surface area (Å²) in [5.74, 6) is 0. The van der Waals surface area contributed by atoms with Gasteiger partial charge < -0.3 is 21.7 Å². The third-order valence-electron chi connectivity index (χ3n) is 4.24. The van der Waals surface area contributed by atoms with Crippen LogP contribution in [0, 0.1) is 0 Å². The molecule has 0 atom stereocenters. The van der Waals surface area contributed by atoms with Gasteiger partial charge in [0.05, 0.1) is 0 Å². The largest absolute Gasteiger partial charge is 0.400 e. The Balaban J connectivity index is 1.59. The highest BCUT2D eigenvalue weighted by Gasteiger charge is 1.98. The van der Waals surface area contributed by atoms with Gasteiger partial charge in [-0.15, -0.1) is 0 Å². The highest BCUT2D eigenvalue weighted by Crippen LogP contribution is 2.21. The van der Waals surface area contributed by atoms with Crippen molar-refractivity contribution in [2.45, 2.75) is 6.92 Å². The van der Waals surface area contributed by atoms with Crippen LogP contribution in [0.4, 0.5) is 17.1 Å². The van der Waals surface area contributed by atoms with Gasteiger partial charge in [-0.1, -0.05) is 37.3 Å². The maximum absolute atomic E-state index is 5.96. The van der Waals surface area contributed by atoms with E-state index < -0.39 is 0 Å². The molecule has 29 heavy (non-hydrogen) atoms. The molecule has 5 N–H and O–H groups in total. The van der Waals surface area contributed by atoms with Gasteiger partial charge in [0.2, 0.25) is 0 Å². The molecule has 1 heterocycles. The van der Waals surface area contributed by atoms with E-state index in [0.717, 1.165) is 40.4 Å². The molecule has 0 radical (unpaired) electrons. The number of nitrogens with two attached hydrogens (primary N) is 1. The van der Waals surface area contributed by atoms with Gasteiger partial charge in [0.25, 0.3) is 0 Å². The minimum absolute atomic E-state index is 0.670. The number of hydrogen-bond acceptors (Lipinski definition) is 5. The van der Waals surface area contributed by atoms with E-state index in [2.05, 4.69) is 64.3 Å². The van der Waals surface area contributed by atoms with E-state index in [1.54, 1.807) is 12.4 Å². The third kappa shape index (κ3) is 6.83. The summed E-state index contributed by atoms with van der Waals surface area (Å²) in [6.45, 7) is 3.62. The highest BCUT2D eigenvalue weighted by atomic mass is 14.9. The van der Waals surface area contributed by atoms with Crippen LogP contribution in [-0.2, 0) is 0 Å². The summed E-state index contributed by atoms with van der Waals surface area (Å²) in [6, 6.07) is 20.4. The number of likely N-dealkylation sites (N-methyl/N-ethyl adjacent to an activating group) is 1. The smallest absolute Gasteiger partial charge is 0.0405 e. The fourth-order valence-corrected chi connectivity index (χ4v) is 2.69. The van der Waals surface area contributed by atoms with Gasteiger partial charge in [-0.25, -0.2) is 0 Å². The number of nitrogens with one attached hydrogen (secondary N) is 3. The van der Waals surface area contributed by atoms with E-state index in [1.165, 1.54) is 0 Å². The van der Waals surface area contributed by atoms with Crippen LogP contribution in [0.1, 0.15) is 18.1 Å². The zero-order valence-corrected chi connectivity index (χ0v) is 16.6. The van der Waals surface area contributed by atoms with Gasteiger partial charge in [-0.2, -0.15) is 0 Å². The molecule has 148 valence electrons. The molecule has 0 unspecified atom stereocenters. The second-order valence-electron chi connectivity index (χ2n) is 6.59. The molecule has 2 aromatic carbocycles. The van der Waals surface area contributed by atoms with Crippen molar-refractivity contribution in [1.29, 1.82) is 0 Å². The topological polar surface area (TPSA) is 75.0 Å². The second-order valence-corrected chi connectivity index (χ2v) is 6.59. The molecule has 0 aliphatic carbocycles. The molecule has 0 bridgehead atoms. The quantitative estimate of drug-likeness (QED) is 0.425. The van der Waals surface area contributed by atoms with E-state index >= 15 is 0 Å². The number of hydrogen-bond donors (Lipinski definition) is 4. The minimum atomic E-state index is 0.670. The van der Waals surface area contributed by atoms with Crippen molar-refractivity contribution in [1.82, 2.24) is 10.3 Å². The van der Waals surface area contributed by atoms with Crippen molar-refractivity contribution in [3.05, 3.63) is 96.1 Å². The first-order valence-electron chi connectivity index (χ1n) is 9.70. The number of aromatic nitrogens is 1. The van der Waals surface area contributed by atoms with Crippen molar-refractivity contribution >= 4 is 29.2 Å². The molecule has 3 aromatic rings. The van der Waals surface area contributed by atoms with Crippen LogP contribution in [-0.4, -0.2) is 18.1 Å². The van der Waals surface area contributed by atoms with Crippen LogP contribution in [0.15, 0.2) is 85.0 Å². The first-order chi connectivity index (χ1) is 14.2. The summed E-state index contributed by atoms with van der Waals surface area (Å²) in [5.41, 5.74) is 12.0. The number of anilines is 3. The second kappa shape index (κ2) is 10.7. The monoisotopic (exact) mass is 385 g/mol. The first-order valence-corrected chi connectivity index (χ1v) is 9.70. The maximum Gasteiger partial charge on any atom is 0.0405 e. The Bertz CT molecular complexity index is 947. The number of benzene rings is 2. The Kier molecular flexibility index (Phi) is 7.43. The lowest BCUT2D eigenvalue weighted by Gasteiger charge is -2.10. The van der Waals surface area contributed by atoms with E-state index in [1.807, 2.05) is 42.6 Å². The summed E-state index contributed by atoms with van der Waals surface area (Å²) in [4.78, 5) is 4.03. The Morgan fingerprint density at radius 1 is 0.897 bits per heavy atom.